The van der Waals surface area contributed by atoms with Crippen molar-refractivity contribution in [2.45, 2.75) is 6.92 Å². The molecule has 0 aliphatic rings. The molecule has 0 spiro atoms. The lowest BCUT2D eigenvalue weighted by atomic mass is 10.1. The monoisotopic (exact) mass is 371 g/mol. The molecule has 0 bridgehead atoms. The van der Waals surface area contributed by atoms with Crippen LogP contribution in [0.3, 0.4) is 0 Å². The summed E-state index contributed by atoms with van der Waals surface area (Å²) in [5, 5.41) is 0.488. The van der Waals surface area contributed by atoms with Gasteiger partial charge in [0.15, 0.2) is 0 Å². The molecule has 0 radical (unpaired) electrons. The predicted molar refractivity (Wildman–Crippen MR) is 94.6 cm³/mol. The Bertz CT molecular complexity index is 960. The number of methoxy groups -OCH3 is 1. The zero-order valence-electron chi connectivity index (χ0n) is 12.7. The molecule has 0 amide bonds. The van der Waals surface area contributed by atoms with Gasteiger partial charge in [-0.2, -0.15) is 0 Å². The van der Waals surface area contributed by atoms with Gasteiger partial charge in [-0.1, -0.05) is 27.6 Å². The van der Waals surface area contributed by atoms with Crippen molar-refractivity contribution >= 4 is 39.0 Å². The fourth-order valence-corrected chi connectivity index (χ4v) is 2.65. The zero-order valence-corrected chi connectivity index (χ0v) is 14.3. The molecule has 5 heteroatoms. The van der Waals surface area contributed by atoms with Crippen molar-refractivity contribution in [2.24, 2.45) is 0 Å². The highest BCUT2D eigenvalue weighted by atomic mass is 79.9. The van der Waals surface area contributed by atoms with Crippen LogP contribution in [-0.2, 0) is 0 Å². The summed E-state index contributed by atoms with van der Waals surface area (Å²) in [5.41, 5.74) is 2.08. The number of rotatable bonds is 3. The molecule has 0 N–H and O–H groups in total. The molecule has 0 atom stereocenters. The molecule has 2 aromatic carbocycles. The van der Waals surface area contributed by atoms with Crippen molar-refractivity contribution in [3.63, 3.8) is 0 Å². The third-order valence-corrected chi connectivity index (χ3v) is 3.89. The van der Waals surface area contributed by atoms with Crippen molar-refractivity contribution in [1.82, 2.24) is 4.98 Å². The van der Waals surface area contributed by atoms with Crippen LogP contribution < -0.4 is 10.4 Å². The van der Waals surface area contributed by atoms with Crippen LogP contribution in [0.1, 0.15) is 17.0 Å². The first-order chi connectivity index (χ1) is 11.1. The maximum atomic E-state index is 12.1. The Morgan fingerprint density at radius 1 is 1.17 bits per heavy atom. The Morgan fingerprint density at radius 3 is 2.78 bits per heavy atom. The van der Waals surface area contributed by atoms with Crippen molar-refractivity contribution in [1.29, 1.82) is 0 Å². The minimum Gasteiger partial charge on any atom is -0.496 e. The fourth-order valence-electron chi connectivity index (χ4n) is 2.27. The van der Waals surface area contributed by atoms with Crippen LogP contribution in [0.4, 0.5) is 0 Å². The van der Waals surface area contributed by atoms with Gasteiger partial charge in [-0.15, -0.1) is 0 Å². The molecule has 116 valence electrons. The van der Waals surface area contributed by atoms with Gasteiger partial charge in [-0.3, -0.25) is 0 Å². The summed E-state index contributed by atoms with van der Waals surface area (Å²) in [7, 11) is 1.61. The van der Waals surface area contributed by atoms with E-state index >= 15 is 0 Å². The number of fused-ring (bicyclic) bond motifs is 1. The average Bonchev–Trinajstić information content (AvgIpc) is 2.54. The smallest absolute Gasteiger partial charge is 0.347 e. The van der Waals surface area contributed by atoms with E-state index < -0.39 is 0 Å². The van der Waals surface area contributed by atoms with Crippen LogP contribution in [0.15, 0.2) is 50.1 Å². The topological polar surface area (TPSA) is 52.3 Å². The summed E-state index contributed by atoms with van der Waals surface area (Å²) in [5.74, 6) is 0.983. The van der Waals surface area contributed by atoms with E-state index in [1.54, 1.807) is 25.3 Å². The van der Waals surface area contributed by atoms with E-state index in [-0.39, 0.29) is 11.5 Å². The molecular formula is C18H14BrNO3. The summed E-state index contributed by atoms with van der Waals surface area (Å²) < 4.78 is 11.5. The van der Waals surface area contributed by atoms with E-state index in [0.717, 1.165) is 21.3 Å². The van der Waals surface area contributed by atoms with Gasteiger partial charge in [0.2, 0.25) is 5.89 Å². The third kappa shape index (κ3) is 3.35. The van der Waals surface area contributed by atoms with Crippen LogP contribution >= 0.6 is 15.9 Å². The quantitative estimate of drug-likeness (QED) is 0.682. The molecule has 0 aliphatic carbocycles. The molecule has 0 aliphatic heterocycles. The maximum absolute atomic E-state index is 12.1. The molecule has 1 aromatic heterocycles. The molecule has 0 saturated carbocycles. The SMILES string of the molecule is COc1ccc(Br)cc1C=Cc1nc2ccc(C)cc2c(=O)o1. The van der Waals surface area contributed by atoms with Crippen molar-refractivity contribution < 1.29 is 9.15 Å². The maximum Gasteiger partial charge on any atom is 0.347 e. The van der Waals surface area contributed by atoms with Crippen LogP contribution in [0.25, 0.3) is 23.1 Å². The lowest BCUT2D eigenvalue weighted by molar-refractivity contribution is 0.414. The third-order valence-electron chi connectivity index (χ3n) is 3.40. The summed E-state index contributed by atoms with van der Waals surface area (Å²) in [6.07, 6.45) is 3.46. The van der Waals surface area contributed by atoms with Crippen molar-refractivity contribution in [2.75, 3.05) is 7.11 Å². The highest BCUT2D eigenvalue weighted by molar-refractivity contribution is 9.10. The highest BCUT2D eigenvalue weighted by Crippen LogP contribution is 2.24. The van der Waals surface area contributed by atoms with Crippen LogP contribution in [0.2, 0.25) is 0 Å². The van der Waals surface area contributed by atoms with E-state index in [1.165, 1.54) is 0 Å². The number of aromatic nitrogens is 1. The van der Waals surface area contributed by atoms with E-state index in [2.05, 4.69) is 20.9 Å². The molecule has 0 saturated heterocycles. The molecule has 3 rings (SSSR count). The van der Waals surface area contributed by atoms with Crippen molar-refractivity contribution in [3.05, 3.63) is 68.3 Å². The number of nitrogens with zero attached hydrogens (tertiary/aromatic N) is 1. The second-order valence-electron chi connectivity index (χ2n) is 5.08. The van der Waals surface area contributed by atoms with Gasteiger partial charge in [0.25, 0.3) is 0 Å². The average molecular weight is 372 g/mol. The zero-order chi connectivity index (χ0) is 16.4. The first-order valence-corrected chi connectivity index (χ1v) is 7.79. The fraction of sp³-hybridized carbons (Fsp3) is 0.111. The lowest BCUT2D eigenvalue weighted by Gasteiger charge is -2.04. The van der Waals surface area contributed by atoms with E-state index in [0.29, 0.717) is 10.9 Å². The van der Waals surface area contributed by atoms with Gasteiger partial charge in [-0.05, 0) is 43.3 Å². The van der Waals surface area contributed by atoms with Gasteiger partial charge >= 0.3 is 5.63 Å². The number of hydrogen-bond donors (Lipinski definition) is 0. The number of ether oxygens (including phenoxy) is 1. The summed E-state index contributed by atoms with van der Waals surface area (Å²) >= 11 is 3.42. The van der Waals surface area contributed by atoms with Crippen LogP contribution in [-0.4, -0.2) is 12.1 Å². The molecular weight excluding hydrogens is 358 g/mol. The first kappa shape index (κ1) is 15.5. The van der Waals surface area contributed by atoms with Gasteiger partial charge in [0.1, 0.15) is 5.75 Å². The Morgan fingerprint density at radius 2 is 2.00 bits per heavy atom. The van der Waals surface area contributed by atoms with Crippen LogP contribution in [0.5, 0.6) is 5.75 Å². The Balaban J connectivity index is 2.03. The van der Waals surface area contributed by atoms with Gasteiger partial charge in [0.05, 0.1) is 18.0 Å². The summed E-state index contributed by atoms with van der Waals surface area (Å²) in [4.78, 5) is 16.4. The lowest BCUT2D eigenvalue weighted by Crippen LogP contribution is -2.03. The molecule has 0 unspecified atom stereocenters. The number of hydrogen-bond acceptors (Lipinski definition) is 4. The second-order valence-corrected chi connectivity index (χ2v) is 6.00. The van der Waals surface area contributed by atoms with Gasteiger partial charge < -0.3 is 9.15 Å². The van der Waals surface area contributed by atoms with E-state index in [9.17, 15) is 4.79 Å². The summed E-state index contributed by atoms with van der Waals surface area (Å²) in [6, 6.07) is 11.2. The van der Waals surface area contributed by atoms with Crippen molar-refractivity contribution in [3.8, 4) is 5.75 Å². The first-order valence-electron chi connectivity index (χ1n) is 7.00. The number of aryl methyl sites for hydroxylation is 1. The minimum atomic E-state index is -0.389. The Kier molecular flexibility index (Phi) is 4.30. The van der Waals surface area contributed by atoms with Gasteiger partial charge in [-0.25, -0.2) is 9.78 Å². The van der Waals surface area contributed by atoms with E-state index in [4.69, 9.17) is 9.15 Å². The molecule has 0 fully saturated rings. The standard InChI is InChI=1S/C18H14BrNO3/c1-11-3-6-15-14(9-11)18(21)23-17(20-15)8-4-12-10-13(19)5-7-16(12)22-2/h3-10H,1-2H3. The molecule has 4 nitrogen and oxygen atoms in total. The second kappa shape index (κ2) is 6.38. The minimum absolute atomic E-state index is 0.258. The highest BCUT2D eigenvalue weighted by Gasteiger charge is 2.05. The largest absolute Gasteiger partial charge is 0.496 e. The molecule has 23 heavy (non-hydrogen) atoms. The van der Waals surface area contributed by atoms with E-state index in [1.807, 2.05) is 37.3 Å². The normalized spacial score (nSPS) is 11.3. The number of halogens is 1. The molecule has 3 aromatic rings. The summed E-state index contributed by atoms with van der Waals surface area (Å²) in [6.45, 7) is 1.92. The van der Waals surface area contributed by atoms with Gasteiger partial charge in [0, 0.05) is 16.1 Å². The Hall–Kier alpha value is -2.40. The molecule has 1 heterocycles. The Labute approximate surface area is 141 Å². The predicted octanol–water partition coefficient (Wildman–Crippen LogP) is 4.44. The van der Waals surface area contributed by atoms with Crippen LogP contribution in [0, 0.1) is 6.92 Å². The number of benzene rings is 2.